The summed E-state index contributed by atoms with van der Waals surface area (Å²) in [6, 6.07) is 11.8. The highest BCUT2D eigenvalue weighted by molar-refractivity contribution is 5.60. The van der Waals surface area contributed by atoms with Crippen molar-refractivity contribution in [2.45, 2.75) is 19.5 Å². The zero-order chi connectivity index (χ0) is 21.9. The van der Waals surface area contributed by atoms with Gasteiger partial charge in [0.25, 0.3) is 0 Å². The molecule has 0 spiro atoms. The van der Waals surface area contributed by atoms with Crippen LogP contribution >= 0.6 is 0 Å². The highest BCUT2D eigenvalue weighted by Gasteiger charge is 2.20. The Bertz CT molecular complexity index is 1120. The van der Waals surface area contributed by atoms with Gasteiger partial charge < -0.3 is 24.3 Å². The van der Waals surface area contributed by atoms with E-state index in [4.69, 9.17) is 23.9 Å². The van der Waals surface area contributed by atoms with Crippen molar-refractivity contribution in [2.75, 3.05) is 39.3 Å². The minimum absolute atomic E-state index is 0.561. The van der Waals surface area contributed by atoms with Crippen LogP contribution in [0.4, 0.5) is 11.6 Å². The number of hydrogen-bond acceptors (Lipinski definition) is 8. The molecule has 1 N–H and O–H groups in total. The van der Waals surface area contributed by atoms with Crippen LogP contribution in [0.15, 0.2) is 42.6 Å². The average molecular weight is 434 g/mol. The van der Waals surface area contributed by atoms with Gasteiger partial charge in [-0.25, -0.2) is 9.97 Å². The molecule has 166 valence electrons. The van der Waals surface area contributed by atoms with Gasteiger partial charge in [-0.05, 0) is 29.8 Å². The molecule has 32 heavy (non-hydrogen) atoms. The van der Waals surface area contributed by atoms with Crippen molar-refractivity contribution in [3.8, 4) is 23.0 Å². The lowest BCUT2D eigenvalue weighted by Crippen LogP contribution is -2.31. The number of fused-ring (bicyclic) bond motifs is 2. The fraction of sp³-hybridized carbons (Fsp3) is 0.333. The highest BCUT2D eigenvalue weighted by atomic mass is 16.6. The van der Waals surface area contributed by atoms with Crippen LogP contribution in [0.1, 0.15) is 16.8 Å². The molecule has 2 aliphatic heterocycles. The first-order valence-electron chi connectivity index (χ1n) is 10.7. The lowest BCUT2D eigenvalue weighted by molar-refractivity contribution is 0.171. The topological polar surface area (TPSA) is 78.0 Å². The normalized spacial score (nSPS) is 15.1. The molecule has 0 atom stereocenters. The monoisotopic (exact) mass is 434 g/mol. The molecule has 0 radical (unpaired) electrons. The van der Waals surface area contributed by atoms with Crippen molar-refractivity contribution >= 4 is 11.6 Å². The Balaban J connectivity index is 1.25. The molecule has 3 aromatic rings. The molecular weight excluding hydrogens is 408 g/mol. The van der Waals surface area contributed by atoms with Crippen LogP contribution in [0, 0.1) is 0 Å². The predicted molar refractivity (Wildman–Crippen MR) is 120 cm³/mol. The second kappa shape index (κ2) is 8.92. The van der Waals surface area contributed by atoms with Crippen LogP contribution in [0.2, 0.25) is 0 Å². The Labute approximate surface area is 187 Å². The van der Waals surface area contributed by atoms with Crippen LogP contribution in [-0.4, -0.2) is 48.8 Å². The van der Waals surface area contributed by atoms with E-state index in [1.165, 1.54) is 5.56 Å². The Morgan fingerprint density at radius 1 is 1.00 bits per heavy atom. The van der Waals surface area contributed by atoms with E-state index in [1.807, 2.05) is 36.5 Å². The number of nitrogens with one attached hydrogen (secondary N) is 1. The first kappa shape index (κ1) is 20.4. The lowest BCUT2D eigenvalue weighted by Gasteiger charge is -2.28. The number of hydrogen-bond donors (Lipinski definition) is 1. The molecule has 0 saturated carbocycles. The molecule has 0 aliphatic carbocycles. The van der Waals surface area contributed by atoms with E-state index in [0.717, 1.165) is 66.0 Å². The molecule has 3 heterocycles. The van der Waals surface area contributed by atoms with Crippen molar-refractivity contribution in [2.24, 2.45) is 0 Å². The van der Waals surface area contributed by atoms with Gasteiger partial charge in [-0.15, -0.1) is 0 Å². The van der Waals surface area contributed by atoms with Gasteiger partial charge in [0.1, 0.15) is 13.2 Å². The van der Waals surface area contributed by atoms with Gasteiger partial charge in [-0.1, -0.05) is 6.07 Å². The Morgan fingerprint density at radius 2 is 1.84 bits per heavy atom. The predicted octanol–water partition coefficient (Wildman–Crippen LogP) is 3.57. The summed E-state index contributed by atoms with van der Waals surface area (Å²) in [5.41, 5.74) is 4.30. The van der Waals surface area contributed by atoms with Gasteiger partial charge in [0.05, 0.1) is 19.9 Å². The van der Waals surface area contributed by atoms with E-state index in [1.54, 1.807) is 14.2 Å². The maximum absolute atomic E-state index is 5.65. The summed E-state index contributed by atoms with van der Waals surface area (Å²) in [6.45, 7) is 3.72. The smallest absolute Gasteiger partial charge is 0.227 e. The maximum atomic E-state index is 5.65. The van der Waals surface area contributed by atoms with Gasteiger partial charge in [-0.2, -0.15) is 0 Å². The number of nitrogens with zero attached hydrogens (tertiary/aromatic N) is 3. The van der Waals surface area contributed by atoms with Gasteiger partial charge >= 0.3 is 0 Å². The zero-order valence-electron chi connectivity index (χ0n) is 18.3. The molecule has 0 bridgehead atoms. The van der Waals surface area contributed by atoms with E-state index < -0.39 is 0 Å². The van der Waals surface area contributed by atoms with E-state index in [9.17, 15) is 0 Å². The lowest BCUT2D eigenvalue weighted by atomic mass is 10.1. The molecule has 2 aromatic carbocycles. The molecule has 0 fully saturated rings. The number of ether oxygens (including phenoxy) is 4. The summed E-state index contributed by atoms with van der Waals surface area (Å²) >= 11 is 0. The summed E-state index contributed by atoms with van der Waals surface area (Å²) in [7, 11) is 3.31. The average Bonchev–Trinajstić information content (AvgIpc) is 2.84. The maximum Gasteiger partial charge on any atom is 0.227 e. The van der Waals surface area contributed by atoms with Crippen LogP contribution < -0.4 is 24.3 Å². The summed E-state index contributed by atoms with van der Waals surface area (Å²) < 4.78 is 22.0. The standard InChI is InChI=1S/C24H26N4O4/c1-29-20-5-3-16(11-22(20)30-2)14-28-8-7-19-17(15-28)13-25-24(27-19)26-18-4-6-21-23(12-18)32-10-9-31-21/h3-6,11-13H,7-10,14-15H2,1-2H3,(H,25,26,27). The molecule has 5 rings (SSSR count). The molecule has 8 nitrogen and oxygen atoms in total. The SMILES string of the molecule is COc1ccc(CN2CCc3nc(Nc4ccc5c(c4)OCCO5)ncc3C2)cc1OC. The second-order valence-electron chi connectivity index (χ2n) is 7.80. The first-order valence-corrected chi connectivity index (χ1v) is 10.7. The number of benzene rings is 2. The summed E-state index contributed by atoms with van der Waals surface area (Å²) in [5, 5.41) is 3.28. The molecule has 0 amide bonds. The largest absolute Gasteiger partial charge is 0.493 e. The van der Waals surface area contributed by atoms with Gasteiger partial charge in [-0.3, -0.25) is 4.90 Å². The highest BCUT2D eigenvalue weighted by Crippen LogP contribution is 2.33. The van der Waals surface area contributed by atoms with E-state index in [-0.39, 0.29) is 0 Å². The third kappa shape index (κ3) is 4.27. The zero-order valence-corrected chi connectivity index (χ0v) is 18.3. The molecule has 8 heteroatoms. The first-order chi connectivity index (χ1) is 15.7. The van der Waals surface area contributed by atoms with E-state index in [0.29, 0.717) is 19.2 Å². The minimum atomic E-state index is 0.561. The Morgan fingerprint density at radius 3 is 2.69 bits per heavy atom. The van der Waals surface area contributed by atoms with Crippen LogP contribution in [0.5, 0.6) is 23.0 Å². The van der Waals surface area contributed by atoms with Crippen molar-refractivity contribution in [1.29, 1.82) is 0 Å². The van der Waals surface area contributed by atoms with Crippen molar-refractivity contribution < 1.29 is 18.9 Å². The van der Waals surface area contributed by atoms with Crippen molar-refractivity contribution in [3.05, 3.63) is 59.4 Å². The van der Waals surface area contributed by atoms with Gasteiger partial charge in [0, 0.05) is 49.6 Å². The summed E-state index contributed by atoms with van der Waals surface area (Å²) in [6.07, 6.45) is 2.80. The Hall–Kier alpha value is -3.52. The number of anilines is 2. The molecule has 0 unspecified atom stereocenters. The molecule has 1 aromatic heterocycles. The summed E-state index contributed by atoms with van der Waals surface area (Å²) in [4.78, 5) is 11.7. The molecule has 0 saturated heterocycles. The molecule has 2 aliphatic rings. The van der Waals surface area contributed by atoms with E-state index in [2.05, 4.69) is 21.3 Å². The van der Waals surface area contributed by atoms with Gasteiger partial charge in [0.15, 0.2) is 23.0 Å². The minimum Gasteiger partial charge on any atom is -0.493 e. The third-order valence-corrected chi connectivity index (χ3v) is 5.67. The van der Waals surface area contributed by atoms with Crippen LogP contribution in [0.25, 0.3) is 0 Å². The van der Waals surface area contributed by atoms with Crippen LogP contribution in [0.3, 0.4) is 0 Å². The van der Waals surface area contributed by atoms with E-state index >= 15 is 0 Å². The van der Waals surface area contributed by atoms with Gasteiger partial charge in [0.2, 0.25) is 5.95 Å². The second-order valence-corrected chi connectivity index (χ2v) is 7.80. The number of aromatic nitrogens is 2. The third-order valence-electron chi connectivity index (χ3n) is 5.67. The van der Waals surface area contributed by atoms with Crippen molar-refractivity contribution in [1.82, 2.24) is 14.9 Å². The van der Waals surface area contributed by atoms with Crippen molar-refractivity contribution in [3.63, 3.8) is 0 Å². The summed E-state index contributed by atoms with van der Waals surface area (Å²) in [5.74, 6) is 3.59. The number of rotatable bonds is 6. The number of methoxy groups -OCH3 is 2. The fourth-order valence-electron chi connectivity index (χ4n) is 4.06. The van der Waals surface area contributed by atoms with Crippen LogP contribution in [-0.2, 0) is 19.5 Å². The fourth-order valence-corrected chi connectivity index (χ4v) is 4.06. The Kier molecular flexibility index (Phi) is 5.68. The quantitative estimate of drug-likeness (QED) is 0.631. The molecular formula is C24H26N4O4.